The molecular formula is C13H16N2O5S. The molecule has 7 nitrogen and oxygen atoms in total. The van der Waals surface area contributed by atoms with Gasteiger partial charge in [0.2, 0.25) is 0 Å². The number of carbonyl (C=O) groups is 3. The minimum absolute atomic E-state index is 0.103. The molecule has 0 radical (unpaired) electrons. The van der Waals surface area contributed by atoms with Crippen LogP contribution in [0.2, 0.25) is 0 Å². The predicted molar refractivity (Wildman–Crippen MR) is 75.1 cm³/mol. The Balaban J connectivity index is 2.00. The summed E-state index contributed by atoms with van der Waals surface area (Å²) >= 11 is 1.52. The average molecular weight is 312 g/mol. The fourth-order valence-electron chi connectivity index (χ4n) is 1.93. The number of rotatable bonds is 7. The summed E-state index contributed by atoms with van der Waals surface area (Å²) in [5, 5.41) is 21.9. The van der Waals surface area contributed by atoms with Crippen molar-refractivity contribution in [3.63, 3.8) is 0 Å². The van der Waals surface area contributed by atoms with Crippen LogP contribution in [0.1, 0.15) is 24.1 Å². The van der Waals surface area contributed by atoms with E-state index in [-0.39, 0.29) is 6.04 Å². The molecule has 0 spiro atoms. The van der Waals surface area contributed by atoms with E-state index in [0.717, 1.165) is 17.7 Å². The molecular weight excluding hydrogens is 296 g/mol. The lowest BCUT2D eigenvalue weighted by molar-refractivity contribution is -0.145. The van der Waals surface area contributed by atoms with Gasteiger partial charge in [-0.2, -0.15) is 0 Å². The Morgan fingerprint density at radius 2 is 2.10 bits per heavy atom. The van der Waals surface area contributed by atoms with Gasteiger partial charge in [0.15, 0.2) is 0 Å². The molecule has 2 rings (SSSR count). The van der Waals surface area contributed by atoms with Gasteiger partial charge in [-0.15, -0.1) is 11.3 Å². The van der Waals surface area contributed by atoms with Gasteiger partial charge in [0.05, 0.1) is 13.0 Å². The molecule has 114 valence electrons. The normalized spacial score (nSPS) is 15.2. The Morgan fingerprint density at radius 1 is 1.38 bits per heavy atom. The number of hydrogen-bond acceptors (Lipinski definition) is 4. The van der Waals surface area contributed by atoms with Gasteiger partial charge < -0.3 is 20.4 Å². The Labute approximate surface area is 125 Å². The van der Waals surface area contributed by atoms with E-state index in [0.29, 0.717) is 6.54 Å². The predicted octanol–water partition coefficient (Wildman–Crippen LogP) is 1.35. The number of nitrogens with zero attached hydrogens (tertiary/aromatic N) is 1. The van der Waals surface area contributed by atoms with E-state index < -0.39 is 30.4 Å². The number of amides is 2. The third-order valence-corrected chi connectivity index (χ3v) is 3.99. The molecule has 0 bridgehead atoms. The molecule has 3 N–H and O–H groups in total. The van der Waals surface area contributed by atoms with E-state index in [4.69, 9.17) is 10.2 Å². The van der Waals surface area contributed by atoms with Crippen molar-refractivity contribution in [2.24, 2.45) is 0 Å². The first-order valence-corrected chi connectivity index (χ1v) is 7.39. The van der Waals surface area contributed by atoms with Crippen molar-refractivity contribution >= 4 is 29.3 Å². The molecule has 1 fully saturated rings. The lowest BCUT2D eigenvalue weighted by Gasteiger charge is -2.24. The van der Waals surface area contributed by atoms with Crippen LogP contribution in [0.5, 0.6) is 0 Å². The topological polar surface area (TPSA) is 107 Å². The summed E-state index contributed by atoms with van der Waals surface area (Å²) in [5.41, 5.74) is 0. The highest BCUT2D eigenvalue weighted by atomic mass is 32.1. The minimum atomic E-state index is -1.42. The highest BCUT2D eigenvalue weighted by molar-refractivity contribution is 7.09. The Morgan fingerprint density at radius 3 is 2.57 bits per heavy atom. The van der Waals surface area contributed by atoms with Crippen molar-refractivity contribution in [1.29, 1.82) is 0 Å². The van der Waals surface area contributed by atoms with E-state index in [9.17, 15) is 14.4 Å². The number of urea groups is 1. The van der Waals surface area contributed by atoms with Gasteiger partial charge in [-0.3, -0.25) is 4.79 Å². The van der Waals surface area contributed by atoms with Crippen molar-refractivity contribution in [3.8, 4) is 0 Å². The van der Waals surface area contributed by atoms with Gasteiger partial charge in [-0.05, 0) is 24.3 Å². The number of nitrogens with one attached hydrogen (secondary N) is 1. The molecule has 1 aromatic rings. The molecule has 1 aliphatic rings. The quantitative estimate of drug-likeness (QED) is 0.704. The molecule has 1 aliphatic carbocycles. The molecule has 1 aromatic heterocycles. The van der Waals surface area contributed by atoms with Crippen LogP contribution < -0.4 is 5.32 Å². The van der Waals surface area contributed by atoms with Gasteiger partial charge in [0.1, 0.15) is 6.04 Å². The standard InChI is InChI=1S/C13H16N2O5S/c16-11(17)6-10(12(18)19)14-13(20)15(8-3-4-8)7-9-2-1-5-21-9/h1-2,5,8,10H,3-4,6-7H2,(H,14,20)(H,16,17)(H,18,19)/t10-/m0/s1. The second-order valence-electron chi connectivity index (χ2n) is 4.88. The van der Waals surface area contributed by atoms with Crippen LogP contribution in [-0.4, -0.2) is 45.2 Å². The van der Waals surface area contributed by atoms with Crippen molar-refractivity contribution in [1.82, 2.24) is 10.2 Å². The zero-order chi connectivity index (χ0) is 15.4. The molecule has 0 unspecified atom stereocenters. The van der Waals surface area contributed by atoms with E-state index in [1.165, 1.54) is 11.3 Å². The zero-order valence-corrected chi connectivity index (χ0v) is 12.0. The van der Waals surface area contributed by atoms with Crippen LogP contribution in [0.25, 0.3) is 0 Å². The lowest BCUT2D eigenvalue weighted by Crippen LogP contribution is -2.49. The van der Waals surface area contributed by atoms with Crippen molar-refractivity contribution in [2.45, 2.75) is 37.9 Å². The van der Waals surface area contributed by atoms with Crippen LogP contribution in [0, 0.1) is 0 Å². The summed E-state index contributed by atoms with van der Waals surface area (Å²) in [6, 6.07) is 1.94. The molecule has 0 saturated heterocycles. The second kappa shape index (κ2) is 6.57. The van der Waals surface area contributed by atoms with Gasteiger partial charge in [0, 0.05) is 10.9 Å². The van der Waals surface area contributed by atoms with Gasteiger partial charge >= 0.3 is 18.0 Å². The Hall–Kier alpha value is -2.09. The zero-order valence-electron chi connectivity index (χ0n) is 11.2. The summed E-state index contributed by atoms with van der Waals surface area (Å²) < 4.78 is 0. The van der Waals surface area contributed by atoms with Crippen LogP contribution in [0.4, 0.5) is 4.79 Å². The largest absolute Gasteiger partial charge is 0.481 e. The molecule has 1 heterocycles. The lowest BCUT2D eigenvalue weighted by atomic mass is 10.2. The minimum Gasteiger partial charge on any atom is -0.481 e. The first-order chi connectivity index (χ1) is 9.97. The SMILES string of the molecule is O=C(O)C[C@H](NC(=O)N(Cc1cccs1)C1CC1)C(=O)O. The average Bonchev–Trinajstić information content (AvgIpc) is 3.11. The number of aliphatic carboxylic acids is 2. The summed E-state index contributed by atoms with van der Waals surface area (Å²) in [6.45, 7) is 0.410. The molecule has 1 atom stereocenters. The number of carboxylic acids is 2. The number of carboxylic acid groups (broad SMARTS) is 2. The summed E-state index contributed by atoms with van der Waals surface area (Å²) in [6.07, 6.45) is 1.13. The Bertz CT molecular complexity index is 527. The van der Waals surface area contributed by atoms with Crippen LogP contribution in [0.15, 0.2) is 17.5 Å². The molecule has 0 aliphatic heterocycles. The number of hydrogen-bond donors (Lipinski definition) is 3. The van der Waals surface area contributed by atoms with E-state index in [2.05, 4.69) is 5.32 Å². The highest BCUT2D eigenvalue weighted by Gasteiger charge is 2.34. The van der Waals surface area contributed by atoms with Crippen molar-refractivity contribution < 1.29 is 24.6 Å². The first-order valence-electron chi connectivity index (χ1n) is 6.51. The van der Waals surface area contributed by atoms with E-state index >= 15 is 0 Å². The summed E-state index contributed by atoms with van der Waals surface area (Å²) in [4.78, 5) is 36.4. The third kappa shape index (κ3) is 4.45. The van der Waals surface area contributed by atoms with E-state index in [1.54, 1.807) is 4.90 Å². The number of carbonyl (C=O) groups excluding carboxylic acids is 1. The van der Waals surface area contributed by atoms with Crippen molar-refractivity contribution in [2.75, 3.05) is 0 Å². The van der Waals surface area contributed by atoms with Gasteiger partial charge in [-0.1, -0.05) is 6.07 Å². The van der Waals surface area contributed by atoms with Gasteiger partial charge in [0.25, 0.3) is 0 Å². The monoisotopic (exact) mass is 312 g/mol. The maximum Gasteiger partial charge on any atom is 0.326 e. The molecule has 8 heteroatoms. The smallest absolute Gasteiger partial charge is 0.326 e. The van der Waals surface area contributed by atoms with Crippen LogP contribution >= 0.6 is 11.3 Å². The molecule has 0 aromatic carbocycles. The maximum atomic E-state index is 12.2. The van der Waals surface area contributed by atoms with Gasteiger partial charge in [-0.25, -0.2) is 9.59 Å². The van der Waals surface area contributed by atoms with Crippen molar-refractivity contribution in [3.05, 3.63) is 22.4 Å². The second-order valence-corrected chi connectivity index (χ2v) is 5.91. The molecule has 2 amide bonds. The Kier molecular flexibility index (Phi) is 4.79. The first kappa shape index (κ1) is 15.3. The summed E-state index contributed by atoms with van der Waals surface area (Å²) in [7, 11) is 0. The highest BCUT2D eigenvalue weighted by Crippen LogP contribution is 2.29. The third-order valence-electron chi connectivity index (χ3n) is 3.13. The van der Waals surface area contributed by atoms with E-state index in [1.807, 2.05) is 17.5 Å². The molecule has 21 heavy (non-hydrogen) atoms. The fourth-order valence-corrected chi connectivity index (χ4v) is 2.63. The molecule has 1 saturated carbocycles. The van der Waals surface area contributed by atoms with Crippen LogP contribution in [-0.2, 0) is 16.1 Å². The number of thiophene rings is 1. The summed E-state index contributed by atoms with van der Waals surface area (Å²) in [5.74, 6) is -2.61. The maximum absolute atomic E-state index is 12.2. The fraction of sp³-hybridized carbons (Fsp3) is 0.462. The van der Waals surface area contributed by atoms with Crippen LogP contribution in [0.3, 0.4) is 0 Å².